The van der Waals surface area contributed by atoms with Gasteiger partial charge in [0.2, 0.25) is 0 Å². The van der Waals surface area contributed by atoms with E-state index in [0.717, 1.165) is 0 Å². The molecule has 2 unspecified atom stereocenters. The summed E-state index contributed by atoms with van der Waals surface area (Å²) in [6, 6.07) is 8.84. The standard InChI is InChI=1S/C7H8NO3P.ClH/c8-7(11-12(9)10)6-4-2-1-3-5-6;/h1-5,7H,8H2;1H/p+1. The predicted octanol–water partition coefficient (Wildman–Crippen LogP) is 1.73. The maximum Gasteiger partial charge on any atom is 0.696 e. The third-order valence-corrected chi connectivity index (χ3v) is 1.74. The second-order valence-corrected chi connectivity index (χ2v) is 2.86. The van der Waals surface area contributed by atoms with Gasteiger partial charge in [0.05, 0.1) is 0 Å². The fourth-order valence-electron chi connectivity index (χ4n) is 0.801. The van der Waals surface area contributed by atoms with E-state index < -0.39 is 14.5 Å². The molecule has 1 aromatic carbocycles. The van der Waals surface area contributed by atoms with Gasteiger partial charge in [0.15, 0.2) is 6.23 Å². The zero-order valence-corrected chi connectivity index (χ0v) is 8.37. The molecule has 2 atom stereocenters. The minimum Gasteiger partial charge on any atom is -0.298 e. The first-order chi connectivity index (χ1) is 5.70. The highest BCUT2D eigenvalue weighted by atomic mass is 35.5. The summed E-state index contributed by atoms with van der Waals surface area (Å²) in [7, 11) is -2.64. The van der Waals surface area contributed by atoms with Gasteiger partial charge < -0.3 is 0 Å². The molecule has 1 aromatic rings. The van der Waals surface area contributed by atoms with Gasteiger partial charge in [0.1, 0.15) is 0 Å². The SMILES string of the molecule is Cl.NC(O[P+](=O)O)c1ccccc1. The molecule has 72 valence electrons. The lowest BCUT2D eigenvalue weighted by atomic mass is 10.2. The Morgan fingerprint density at radius 1 is 1.38 bits per heavy atom. The molecule has 4 nitrogen and oxygen atoms in total. The van der Waals surface area contributed by atoms with E-state index in [0.29, 0.717) is 5.56 Å². The van der Waals surface area contributed by atoms with Crippen LogP contribution in [-0.4, -0.2) is 4.89 Å². The van der Waals surface area contributed by atoms with E-state index in [9.17, 15) is 4.57 Å². The monoisotopic (exact) mass is 222 g/mol. The van der Waals surface area contributed by atoms with Crippen molar-refractivity contribution in [3.8, 4) is 0 Å². The zero-order valence-electron chi connectivity index (χ0n) is 6.66. The molecule has 3 N–H and O–H groups in total. The molecule has 13 heavy (non-hydrogen) atoms. The van der Waals surface area contributed by atoms with Crippen LogP contribution in [-0.2, 0) is 9.09 Å². The number of benzene rings is 1. The molecule has 0 aliphatic heterocycles. The van der Waals surface area contributed by atoms with E-state index in [-0.39, 0.29) is 12.4 Å². The third kappa shape index (κ3) is 4.31. The Morgan fingerprint density at radius 3 is 2.38 bits per heavy atom. The lowest BCUT2D eigenvalue weighted by Crippen LogP contribution is -2.10. The van der Waals surface area contributed by atoms with Crippen molar-refractivity contribution in [3.05, 3.63) is 35.9 Å². The number of halogens is 1. The van der Waals surface area contributed by atoms with E-state index in [1.165, 1.54) is 0 Å². The minimum absolute atomic E-state index is 0. The molecule has 0 radical (unpaired) electrons. The van der Waals surface area contributed by atoms with Crippen LogP contribution in [0.4, 0.5) is 0 Å². The highest BCUT2D eigenvalue weighted by Gasteiger charge is 2.20. The fourth-order valence-corrected chi connectivity index (χ4v) is 1.12. The van der Waals surface area contributed by atoms with E-state index in [2.05, 4.69) is 4.52 Å². The summed E-state index contributed by atoms with van der Waals surface area (Å²) in [6.07, 6.45) is -0.834. The molecule has 0 amide bonds. The Labute approximate surface area is 83.1 Å². The van der Waals surface area contributed by atoms with Crippen LogP contribution in [0.25, 0.3) is 0 Å². The van der Waals surface area contributed by atoms with E-state index in [1.54, 1.807) is 24.3 Å². The highest BCUT2D eigenvalue weighted by Crippen LogP contribution is 2.24. The number of nitrogens with two attached hydrogens (primary N) is 1. The maximum atomic E-state index is 10.2. The number of hydrogen-bond donors (Lipinski definition) is 2. The largest absolute Gasteiger partial charge is 0.696 e. The van der Waals surface area contributed by atoms with Gasteiger partial charge in [-0.3, -0.25) is 5.73 Å². The van der Waals surface area contributed by atoms with E-state index in [1.807, 2.05) is 6.07 Å². The Hall–Kier alpha value is -0.510. The Balaban J connectivity index is 0.00000144. The molecule has 6 heteroatoms. The van der Waals surface area contributed by atoms with Crippen molar-refractivity contribution in [2.75, 3.05) is 0 Å². The quantitative estimate of drug-likeness (QED) is 0.604. The van der Waals surface area contributed by atoms with Gasteiger partial charge in [-0.15, -0.1) is 17.3 Å². The molecule has 0 aromatic heterocycles. The first-order valence-electron chi connectivity index (χ1n) is 3.33. The predicted molar refractivity (Wildman–Crippen MR) is 51.5 cm³/mol. The summed E-state index contributed by atoms with van der Waals surface area (Å²) in [5, 5.41) is 0. The molecule has 0 fully saturated rings. The van der Waals surface area contributed by atoms with Gasteiger partial charge in [0, 0.05) is 10.1 Å². The lowest BCUT2D eigenvalue weighted by molar-refractivity contribution is 0.198. The first kappa shape index (κ1) is 12.5. The van der Waals surface area contributed by atoms with Crippen LogP contribution in [0, 0.1) is 0 Å². The Kier molecular flexibility index (Phi) is 5.79. The molecule has 0 heterocycles. The zero-order chi connectivity index (χ0) is 8.97. The summed E-state index contributed by atoms with van der Waals surface area (Å²) >= 11 is 0. The smallest absolute Gasteiger partial charge is 0.298 e. The molecule has 1 rings (SSSR count). The van der Waals surface area contributed by atoms with Crippen molar-refractivity contribution in [1.29, 1.82) is 0 Å². The van der Waals surface area contributed by atoms with Crippen molar-refractivity contribution < 1.29 is 14.0 Å². The van der Waals surface area contributed by atoms with Gasteiger partial charge in [-0.1, -0.05) is 34.9 Å². The van der Waals surface area contributed by atoms with Crippen molar-refractivity contribution in [2.45, 2.75) is 6.23 Å². The molecule has 0 saturated carbocycles. The molecule has 0 aliphatic rings. The van der Waals surface area contributed by atoms with Gasteiger partial charge in [0.25, 0.3) is 0 Å². The topological polar surface area (TPSA) is 72.5 Å². The van der Waals surface area contributed by atoms with Gasteiger partial charge in [-0.25, -0.2) is 0 Å². The summed E-state index contributed by atoms with van der Waals surface area (Å²) < 4.78 is 14.7. The normalized spacial score (nSPS) is 12.9. The van der Waals surface area contributed by atoms with E-state index in [4.69, 9.17) is 10.6 Å². The highest BCUT2D eigenvalue weighted by molar-refractivity contribution is 7.32. The minimum atomic E-state index is -2.64. The average molecular weight is 223 g/mol. The molecular formula is C7H10ClNO3P+. The molecule has 0 bridgehead atoms. The lowest BCUT2D eigenvalue weighted by Gasteiger charge is -2.02. The molecule has 0 aliphatic carbocycles. The van der Waals surface area contributed by atoms with Crippen LogP contribution < -0.4 is 5.73 Å². The van der Waals surface area contributed by atoms with Crippen LogP contribution in [0.15, 0.2) is 30.3 Å². The number of hydrogen-bond acceptors (Lipinski definition) is 3. The first-order valence-corrected chi connectivity index (χ1v) is 4.46. The summed E-state index contributed by atoms with van der Waals surface area (Å²) in [5.41, 5.74) is 6.11. The average Bonchev–Trinajstić information content (AvgIpc) is 2.05. The summed E-state index contributed by atoms with van der Waals surface area (Å²) in [6.45, 7) is 0. The molecule has 0 spiro atoms. The summed E-state index contributed by atoms with van der Waals surface area (Å²) in [5.74, 6) is 0. The second kappa shape index (κ2) is 6.02. The van der Waals surface area contributed by atoms with Crippen LogP contribution in [0.5, 0.6) is 0 Å². The Bertz CT molecular complexity index is 270. The molecular weight excluding hydrogens is 213 g/mol. The van der Waals surface area contributed by atoms with Crippen LogP contribution >= 0.6 is 20.7 Å². The third-order valence-electron chi connectivity index (χ3n) is 1.33. The summed E-state index contributed by atoms with van der Waals surface area (Å²) in [4.78, 5) is 8.39. The Morgan fingerprint density at radius 2 is 1.92 bits per heavy atom. The van der Waals surface area contributed by atoms with Crippen molar-refractivity contribution in [2.24, 2.45) is 5.73 Å². The van der Waals surface area contributed by atoms with Gasteiger partial charge in [-0.2, -0.15) is 0 Å². The van der Waals surface area contributed by atoms with Crippen LogP contribution in [0.2, 0.25) is 0 Å². The number of rotatable bonds is 3. The maximum absolute atomic E-state index is 10.2. The van der Waals surface area contributed by atoms with E-state index >= 15 is 0 Å². The van der Waals surface area contributed by atoms with Crippen molar-refractivity contribution in [3.63, 3.8) is 0 Å². The fraction of sp³-hybridized carbons (Fsp3) is 0.143. The van der Waals surface area contributed by atoms with Crippen molar-refractivity contribution >= 4 is 20.7 Å². The van der Waals surface area contributed by atoms with Crippen molar-refractivity contribution in [1.82, 2.24) is 0 Å². The second-order valence-electron chi connectivity index (χ2n) is 2.17. The molecule has 0 saturated heterocycles. The van der Waals surface area contributed by atoms with Gasteiger partial charge >= 0.3 is 8.25 Å². The van der Waals surface area contributed by atoms with Crippen LogP contribution in [0.3, 0.4) is 0 Å². The van der Waals surface area contributed by atoms with Gasteiger partial charge in [-0.05, 0) is 0 Å². The van der Waals surface area contributed by atoms with Crippen LogP contribution in [0.1, 0.15) is 11.8 Å².